The molecule has 3 N–H and O–H groups in total. The van der Waals surface area contributed by atoms with Crippen molar-refractivity contribution in [1.29, 1.82) is 5.41 Å². The lowest BCUT2D eigenvalue weighted by atomic mass is 10.1. The molecule has 2 atom stereocenters. The van der Waals surface area contributed by atoms with Crippen LogP contribution in [0.2, 0.25) is 0 Å². The van der Waals surface area contributed by atoms with Crippen LogP contribution in [0.5, 0.6) is 0 Å². The number of amides is 4. The monoisotopic (exact) mass is 576 g/mol. The van der Waals surface area contributed by atoms with Crippen molar-refractivity contribution in [2.75, 3.05) is 34.3 Å². The predicted octanol–water partition coefficient (Wildman–Crippen LogP) is 1.61. The molecule has 2 unspecified atom stereocenters. The maximum atomic E-state index is 12.8. The normalized spacial score (nSPS) is 17.7. The van der Waals surface area contributed by atoms with Gasteiger partial charge in [-0.05, 0) is 39.8 Å². The molecular weight excluding hydrogens is 540 g/mol. The molecule has 14 heteroatoms. The number of esters is 1. The van der Waals surface area contributed by atoms with Crippen LogP contribution in [0.4, 0.5) is 4.79 Å². The molecule has 1 aromatic rings. The number of aliphatic imine (C=N–C) groups is 1. The highest BCUT2D eigenvalue weighted by atomic mass is 32.2. The Bertz CT molecular complexity index is 1180. The van der Waals surface area contributed by atoms with Gasteiger partial charge in [-0.15, -0.1) is 0 Å². The molecule has 0 aromatic heterocycles. The number of ether oxygens (including phenoxy) is 2. The van der Waals surface area contributed by atoms with Crippen molar-refractivity contribution in [3.8, 4) is 0 Å². The molecule has 218 valence electrons. The van der Waals surface area contributed by atoms with E-state index in [1.165, 1.54) is 29.2 Å². The van der Waals surface area contributed by atoms with Gasteiger partial charge < -0.3 is 24.6 Å². The predicted molar refractivity (Wildman–Crippen MR) is 150 cm³/mol. The molecule has 1 aromatic carbocycles. The van der Waals surface area contributed by atoms with Crippen LogP contribution >= 0.6 is 11.8 Å². The lowest BCUT2D eigenvalue weighted by Gasteiger charge is -2.20. The van der Waals surface area contributed by atoms with E-state index in [1.807, 2.05) is 6.92 Å². The maximum absolute atomic E-state index is 12.8. The Labute approximate surface area is 237 Å². The Hall–Kier alpha value is -3.94. The van der Waals surface area contributed by atoms with Crippen molar-refractivity contribution < 1.29 is 33.4 Å². The summed E-state index contributed by atoms with van der Waals surface area (Å²) in [6.45, 7) is 6.64. The Balaban J connectivity index is 1.92. The van der Waals surface area contributed by atoms with Gasteiger partial charge in [-0.25, -0.2) is 4.79 Å². The number of likely N-dealkylation sites (N-methyl/N-ethyl adjacent to an activating group) is 1. The van der Waals surface area contributed by atoms with Gasteiger partial charge in [-0.2, -0.15) is 4.99 Å². The fraction of sp³-hybridized carbons (Fsp3) is 0.500. The molecule has 4 amide bonds. The van der Waals surface area contributed by atoms with Gasteiger partial charge in [0.15, 0.2) is 11.8 Å². The van der Waals surface area contributed by atoms with E-state index in [0.717, 1.165) is 11.8 Å². The van der Waals surface area contributed by atoms with Gasteiger partial charge in [0.25, 0.3) is 11.8 Å². The minimum absolute atomic E-state index is 0.0386. The van der Waals surface area contributed by atoms with E-state index in [4.69, 9.17) is 14.9 Å². The quantitative estimate of drug-likeness (QED) is 0.236. The summed E-state index contributed by atoms with van der Waals surface area (Å²) < 4.78 is 10.0. The molecule has 1 aliphatic heterocycles. The second kappa shape index (κ2) is 13.9. The molecule has 13 nitrogen and oxygen atoms in total. The van der Waals surface area contributed by atoms with Gasteiger partial charge in [0.1, 0.15) is 16.7 Å². The van der Waals surface area contributed by atoms with Gasteiger partial charge in [0.05, 0.1) is 6.42 Å². The molecule has 1 aliphatic rings. The van der Waals surface area contributed by atoms with E-state index in [0.29, 0.717) is 10.7 Å². The average molecular weight is 577 g/mol. The zero-order chi connectivity index (χ0) is 30.2. The summed E-state index contributed by atoms with van der Waals surface area (Å²) in [6, 6.07) is 5.73. The Morgan fingerprint density at radius 3 is 2.27 bits per heavy atom. The first-order valence-corrected chi connectivity index (χ1v) is 13.3. The molecule has 1 saturated heterocycles. The van der Waals surface area contributed by atoms with Gasteiger partial charge in [-0.1, -0.05) is 23.9 Å². The van der Waals surface area contributed by atoms with Crippen molar-refractivity contribution >= 4 is 52.5 Å². The zero-order valence-electron chi connectivity index (χ0n) is 23.7. The summed E-state index contributed by atoms with van der Waals surface area (Å²) in [5.41, 5.74) is -0.0619. The third-order valence-electron chi connectivity index (χ3n) is 5.57. The van der Waals surface area contributed by atoms with Crippen LogP contribution in [0.1, 0.15) is 50.0 Å². The lowest BCUT2D eigenvalue weighted by molar-refractivity contribution is -0.151. The first kappa shape index (κ1) is 32.3. The number of nitrogens with zero attached hydrogens (tertiary/aromatic N) is 3. The largest absolute Gasteiger partial charge is 0.456 e. The van der Waals surface area contributed by atoms with Crippen LogP contribution in [0, 0.1) is 5.41 Å². The first-order chi connectivity index (χ1) is 18.6. The fourth-order valence-electron chi connectivity index (χ4n) is 3.19. The Morgan fingerprint density at radius 1 is 1.10 bits per heavy atom. The van der Waals surface area contributed by atoms with Gasteiger partial charge in [0, 0.05) is 44.9 Å². The van der Waals surface area contributed by atoms with Crippen LogP contribution in [0.3, 0.4) is 0 Å². The summed E-state index contributed by atoms with van der Waals surface area (Å²) in [6.07, 6.45) is -0.844. The second-order valence-electron chi connectivity index (χ2n) is 10.2. The van der Waals surface area contributed by atoms with E-state index in [9.17, 15) is 24.0 Å². The fourth-order valence-corrected chi connectivity index (χ4v) is 4.46. The van der Waals surface area contributed by atoms with Crippen LogP contribution in [-0.4, -0.2) is 102 Å². The summed E-state index contributed by atoms with van der Waals surface area (Å²) in [7, 11) is 4.83. The number of thioether (sulfide) groups is 1. The van der Waals surface area contributed by atoms with Crippen LogP contribution in [-0.2, 0) is 23.9 Å². The molecule has 40 heavy (non-hydrogen) atoms. The topological polar surface area (TPSA) is 171 Å². The number of carbonyl (C=O) groups is 5. The van der Waals surface area contributed by atoms with E-state index in [1.54, 1.807) is 46.8 Å². The number of carbonyl (C=O) groups excluding carboxylic acids is 5. The Kier molecular flexibility index (Phi) is 11.2. The maximum Gasteiger partial charge on any atom is 0.413 e. The highest BCUT2D eigenvalue weighted by Gasteiger charge is 2.39. The molecule has 0 bridgehead atoms. The highest BCUT2D eigenvalue weighted by Crippen LogP contribution is 2.31. The number of nitrogens with one attached hydrogen (secondary N) is 3. The third kappa shape index (κ3) is 9.67. The van der Waals surface area contributed by atoms with Gasteiger partial charge in [-0.3, -0.25) is 29.9 Å². The van der Waals surface area contributed by atoms with Crippen LogP contribution in [0.15, 0.2) is 29.3 Å². The van der Waals surface area contributed by atoms with E-state index in [-0.39, 0.29) is 48.8 Å². The molecule has 1 heterocycles. The highest BCUT2D eigenvalue weighted by molar-refractivity contribution is 8.15. The number of amidine groups is 2. The lowest BCUT2D eigenvalue weighted by Crippen LogP contribution is -2.41. The Morgan fingerprint density at radius 2 is 1.70 bits per heavy atom. The molecule has 2 rings (SSSR count). The molecule has 0 spiro atoms. The number of alkyl carbamates (subject to hydrolysis) is 1. The van der Waals surface area contributed by atoms with Crippen molar-refractivity contribution in [3.05, 3.63) is 35.4 Å². The molecule has 0 radical (unpaired) electrons. The van der Waals surface area contributed by atoms with Crippen molar-refractivity contribution in [3.63, 3.8) is 0 Å². The molecule has 1 fully saturated rings. The van der Waals surface area contributed by atoms with Crippen LogP contribution in [0.25, 0.3) is 0 Å². The van der Waals surface area contributed by atoms with Crippen LogP contribution < -0.4 is 10.6 Å². The van der Waals surface area contributed by atoms with E-state index in [2.05, 4.69) is 15.6 Å². The minimum Gasteiger partial charge on any atom is -0.456 e. The summed E-state index contributed by atoms with van der Waals surface area (Å²) in [4.78, 5) is 67.9. The first-order valence-electron chi connectivity index (χ1n) is 12.4. The van der Waals surface area contributed by atoms with Gasteiger partial charge >= 0.3 is 12.1 Å². The summed E-state index contributed by atoms with van der Waals surface area (Å²) in [5.74, 6) is -1.98. The standard InChI is InChI=1S/C26H36N6O7S/c1-15-20(23(36)28-13-12-19(34)38-14-18(33)31(5)6)40-24(32(15)7)30-22(35)17-10-8-16(9-11-17)21(27)29-25(37)39-26(2,3)4/h8-11,15,20H,12-14H2,1-7H3,(H,28,36)(H2,27,29,37). The summed E-state index contributed by atoms with van der Waals surface area (Å²) >= 11 is 1.13. The SMILES string of the molecule is CC1C(C(=O)NCCC(=O)OCC(=O)N(C)C)SC(=NC(=O)c2ccc(C(=N)NC(=O)OC(C)(C)C)cc2)N1C. The number of hydrogen-bond donors (Lipinski definition) is 3. The van der Waals surface area contributed by atoms with Gasteiger partial charge in [0.2, 0.25) is 5.91 Å². The van der Waals surface area contributed by atoms with Crippen molar-refractivity contribution in [2.45, 2.75) is 51.0 Å². The summed E-state index contributed by atoms with van der Waals surface area (Å²) in [5, 5.41) is 12.9. The average Bonchev–Trinajstić information content (AvgIpc) is 3.14. The number of rotatable bonds is 8. The smallest absolute Gasteiger partial charge is 0.413 e. The van der Waals surface area contributed by atoms with Crippen molar-refractivity contribution in [1.82, 2.24) is 20.4 Å². The second-order valence-corrected chi connectivity index (χ2v) is 11.3. The van der Waals surface area contributed by atoms with E-state index >= 15 is 0 Å². The molecule has 0 aliphatic carbocycles. The van der Waals surface area contributed by atoms with Crippen molar-refractivity contribution in [2.24, 2.45) is 4.99 Å². The molecule has 0 saturated carbocycles. The number of hydrogen-bond acceptors (Lipinski definition) is 9. The zero-order valence-corrected chi connectivity index (χ0v) is 24.5. The number of benzene rings is 1. The molecular formula is C26H36N6O7S. The third-order valence-corrected chi connectivity index (χ3v) is 7.02. The minimum atomic E-state index is -0.755. The van der Waals surface area contributed by atoms with E-state index < -0.39 is 28.8 Å².